The van der Waals surface area contributed by atoms with Crippen LogP contribution >= 0.6 is 23.4 Å². The monoisotopic (exact) mass is 304 g/mol. The highest BCUT2D eigenvalue weighted by atomic mass is 35.5. The normalized spacial score (nSPS) is 14.8. The van der Waals surface area contributed by atoms with Gasteiger partial charge in [0.05, 0.1) is 10.9 Å². The van der Waals surface area contributed by atoms with Crippen LogP contribution in [0.5, 0.6) is 0 Å². The van der Waals surface area contributed by atoms with E-state index >= 15 is 0 Å². The van der Waals surface area contributed by atoms with Crippen LogP contribution in [0.15, 0.2) is 12.1 Å². The van der Waals surface area contributed by atoms with E-state index in [4.69, 9.17) is 11.6 Å². The number of halogens is 3. The molecule has 1 aromatic carbocycles. The molecule has 104 valence electrons. The van der Waals surface area contributed by atoms with Gasteiger partial charge in [-0.25, -0.2) is 13.8 Å². The molecule has 0 spiro atoms. The SMILES string of the molecule is CSC(C)Cn1c(C(C)Cl)nc2c(F)cc(F)cc21. The van der Waals surface area contributed by atoms with Gasteiger partial charge < -0.3 is 4.57 Å². The largest absolute Gasteiger partial charge is 0.325 e. The van der Waals surface area contributed by atoms with Crippen LogP contribution in [0.4, 0.5) is 8.78 Å². The number of imidazole rings is 1. The van der Waals surface area contributed by atoms with E-state index in [1.165, 1.54) is 6.07 Å². The lowest BCUT2D eigenvalue weighted by Gasteiger charge is -2.14. The molecule has 6 heteroatoms. The Hall–Kier alpha value is -0.810. The molecule has 0 aliphatic rings. The predicted octanol–water partition coefficient (Wildman–Crippen LogP) is 4.37. The van der Waals surface area contributed by atoms with Crippen LogP contribution in [0.25, 0.3) is 11.0 Å². The minimum atomic E-state index is -0.649. The van der Waals surface area contributed by atoms with E-state index in [1.54, 1.807) is 23.3 Å². The third-order valence-electron chi connectivity index (χ3n) is 3.00. The number of alkyl halides is 1. The first kappa shape index (κ1) is 14.6. The summed E-state index contributed by atoms with van der Waals surface area (Å²) in [4.78, 5) is 4.22. The molecule has 2 unspecified atom stereocenters. The number of aromatic nitrogens is 2. The van der Waals surface area contributed by atoms with Gasteiger partial charge in [0.25, 0.3) is 0 Å². The first-order valence-corrected chi connectivity index (χ1v) is 7.68. The fraction of sp³-hybridized carbons (Fsp3) is 0.462. The third kappa shape index (κ3) is 2.87. The average Bonchev–Trinajstić information content (AvgIpc) is 2.68. The van der Waals surface area contributed by atoms with Gasteiger partial charge in [0, 0.05) is 17.9 Å². The molecule has 2 nitrogen and oxygen atoms in total. The number of hydrogen-bond acceptors (Lipinski definition) is 2. The van der Waals surface area contributed by atoms with Crippen LogP contribution in [0.3, 0.4) is 0 Å². The number of hydrogen-bond donors (Lipinski definition) is 0. The summed E-state index contributed by atoms with van der Waals surface area (Å²) in [7, 11) is 0. The van der Waals surface area contributed by atoms with Gasteiger partial charge in [-0.2, -0.15) is 11.8 Å². The molecule has 0 bridgehead atoms. The number of thioether (sulfide) groups is 1. The van der Waals surface area contributed by atoms with E-state index in [0.29, 0.717) is 23.1 Å². The minimum Gasteiger partial charge on any atom is -0.325 e. The Morgan fingerprint density at radius 1 is 1.37 bits per heavy atom. The van der Waals surface area contributed by atoms with Crippen molar-refractivity contribution in [1.82, 2.24) is 9.55 Å². The summed E-state index contributed by atoms with van der Waals surface area (Å²) in [6, 6.07) is 2.15. The fourth-order valence-corrected chi connectivity index (χ4v) is 2.46. The van der Waals surface area contributed by atoms with Crippen molar-refractivity contribution in [2.75, 3.05) is 6.26 Å². The van der Waals surface area contributed by atoms with Crippen molar-refractivity contribution in [3.63, 3.8) is 0 Å². The Bertz CT molecular complexity index is 598. The highest BCUT2D eigenvalue weighted by Crippen LogP contribution is 2.28. The number of benzene rings is 1. The van der Waals surface area contributed by atoms with Gasteiger partial charge in [0.15, 0.2) is 5.82 Å². The molecule has 0 aliphatic carbocycles. The van der Waals surface area contributed by atoms with Gasteiger partial charge in [0.2, 0.25) is 0 Å². The van der Waals surface area contributed by atoms with Gasteiger partial charge in [-0.15, -0.1) is 11.6 Å². The lowest BCUT2D eigenvalue weighted by atomic mass is 10.3. The smallest absolute Gasteiger partial charge is 0.153 e. The second kappa shape index (κ2) is 5.67. The van der Waals surface area contributed by atoms with Crippen molar-refractivity contribution in [1.29, 1.82) is 0 Å². The molecular formula is C13H15ClF2N2S. The highest BCUT2D eigenvalue weighted by molar-refractivity contribution is 7.99. The van der Waals surface area contributed by atoms with E-state index < -0.39 is 11.6 Å². The molecule has 19 heavy (non-hydrogen) atoms. The zero-order valence-electron chi connectivity index (χ0n) is 11.0. The van der Waals surface area contributed by atoms with Gasteiger partial charge in [-0.1, -0.05) is 6.92 Å². The molecule has 0 saturated heterocycles. The second-order valence-electron chi connectivity index (χ2n) is 4.50. The fourth-order valence-electron chi connectivity index (χ4n) is 1.99. The van der Waals surface area contributed by atoms with Crippen LogP contribution in [0, 0.1) is 11.6 Å². The number of rotatable bonds is 4. The zero-order valence-corrected chi connectivity index (χ0v) is 12.5. The summed E-state index contributed by atoms with van der Waals surface area (Å²) in [5.41, 5.74) is 0.637. The van der Waals surface area contributed by atoms with E-state index in [1.807, 2.05) is 6.26 Å². The molecule has 1 heterocycles. The minimum absolute atomic E-state index is 0.178. The van der Waals surface area contributed by atoms with Gasteiger partial charge in [-0.05, 0) is 19.2 Å². The maximum Gasteiger partial charge on any atom is 0.153 e. The standard InChI is InChI=1S/C13H15ClF2N2S/c1-7(19-3)6-18-11-5-9(15)4-10(16)12(11)17-13(18)8(2)14/h4-5,7-8H,6H2,1-3H3. The summed E-state index contributed by atoms with van der Waals surface area (Å²) in [6.07, 6.45) is 1.99. The number of nitrogens with zero attached hydrogens (tertiary/aromatic N) is 2. The Morgan fingerprint density at radius 2 is 2.05 bits per heavy atom. The zero-order chi connectivity index (χ0) is 14.2. The molecule has 0 amide bonds. The molecule has 0 N–H and O–H groups in total. The summed E-state index contributed by atoms with van der Waals surface area (Å²) in [6.45, 7) is 4.44. The van der Waals surface area contributed by atoms with Gasteiger partial charge in [0.1, 0.15) is 17.2 Å². The second-order valence-corrected chi connectivity index (χ2v) is 6.43. The van der Waals surface area contributed by atoms with Gasteiger partial charge in [-0.3, -0.25) is 0 Å². The van der Waals surface area contributed by atoms with Crippen LogP contribution in [0.2, 0.25) is 0 Å². The summed E-state index contributed by atoms with van der Waals surface area (Å²) >= 11 is 7.77. The van der Waals surface area contributed by atoms with Crippen LogP contribution in [-0.2, 0) is 6.54 Å². The summed E-state index contributed by atoms with van der Waals surface area (Å²) in [5.74, 6) is -0.678. The quantitative estimate of drug-likeness (QED) is 0.781. The Kier molecular flexibility index (Phi) is 4.36. The van der Waals surface area contributed by atoms with Crippen molar-refractivity contribution in [2.24, 2.45) is 0 Å². The summed E-state index contributed by atoms with van der Waals surface area (Å²) in [5, 5.41) is -0.0539. The van der Waals surface area contributed by atoms with Crippen molar-refractivity contribution in [3.8, 4) is 0 Å². The van der Waals surface area contributed by atoms with Crippen LogP contribution in [0.1, 0.15) is 25.0 Å². The first-order valence-electron chi connectivity index (χ1n) is 5.96. The molecule has 0 fully saturated rings. The molecule has 1 aromatic heterocycles. The van der Waals surface area contributed by atoms with E-state index in [2.05, 4.69) is 11.9 Å². The lowest BCUT2D eigenvalue weighted by molar-refractivity contribution is 0.589. The molecule has 2 atom stereocenters. The summed E-state index contributed by atoms with van der Waals surface area (Å²) < 4.78 is 29.0. The third-order valence-corrected chi connectivity index (χ3v) is 4.15. The van der Waals surface area contributed by atoms with Crippen molar-refractivity contribution >= 4 is 34.4 Å². The van der Waals surface area contributed by atoms with E-state index in [-0.39, 0.29) is 10.9 Å². The highest BCUT2D eigenvalue weighted by Gasteiger charge is 2.19. The lowest BCUT2D eigenvalue weighted by Crippen LogP contribution is -2.12. The Balaban J connectivity index is 2.65. The van der Waals surface area contributed by atoms with Gasteiger partial charge >= 0.3 is 0 Å². The predicted molar refractivity (Wildman–Crippen MR) is 76.9 cm³/mol. The topological polar surface area (TPSA) is 17.8 Å². The van der Waals surface area contributed by atoms with E-state index in [0.717, 1.165) is 6.07 Å². The Labute approximate surface area is 120 Å². The van der Waals surface area contributed by atoms with Crippen molar-refractivity contribution in [2.45, 2.75) is 31.0 Å². The van der Waals surface area contributed by atoms with Crippen molar-refractivity contribution < 1.29 is 8.78 Å². The maximum absolute atomic E-state index is 13.8. The average molecular weight is 305 g/mol. The number of fused-ring (bicyclic) bond motifs is 1. The van der Waals surface area contributed by atoms with Crippen LogP contribution < -0.4 is 0 Å². The molecule has 0 aliphatic heterocycles. The molecule has 0 radical (unpaired) electrons. The van der Waals surface area contributed by atoms with Crippen molar-refractivity contribution in [3.05, 3.63) is 29.6 Å². The molecule has 2 rings (SSSR count). The molecule has 2 aromatic rings. The molecule has 0 saturated carbocycles. The van der Waals surface area contributed by atoms with E-state index in [9.17, 15) is 8.78 Å². The maximum atomic E-state index is 13.8. The Morgan fingerprint density at radius 3 is 2.63 bits per heavy atom. The first-order chi connectivity index (χ1) is 8.93. The molecular weight excluding hydrogens is 290 g/mol. The van der Waals surface area contributed by atoms with Crippen LogP contribution in [-0.4, -0.2) is 21.1 Å².